The van der Waals surface area contributed by atoms with E-state index in [0.717, 1.165) is 19.1 Å². The van der Waals surface area contributed by atoms with Gasteiger partial charge < -0.3 is 10.6 Å². The first kappa shape index (κ1) is 13.9. The van der Waals surface area contributed by atoms with Crippen LogP contribution >= 0.6 is 0 Å². The highest BCUT2D eigenvalue weighted by Gasteiger charge is 2.26. The van der Waals surface area contributed by atoms with Crippen LogP contribution in [0.1, 0.15) is 36.8 Å². The number of piperazine rings is 1. The van der Waals surface area contributed by atoms with Crippen LogP contribution in [0, 0.1) is 6.92 Å². The van der Waals surface area contributed by atoms with Crippen LogP contribution in [0.4, 0.5) is 5.69 Å². The lowest BCUT2D eigenvalue weighted by Crippen LogP contribution is -2.50. The fraction of sp³-hybridized carbons (Fsp3) is 0.647. The predicted octanol–water partition coefficient (Wildman–Crippen LogP) is 2.52. The lowest BCUT2D eigenvalue weighted by Gasteiger charge is -2.39. The fourth-order valence-electron chi connectivity index (χ4n) is 3.74. The summed E-state index contributed by atoms with van der Waals surface area (Å²) >= 11 is 0. The third kappa shape index (κ3) is 2.84. The average Bonchev–Trinajstić information content (AvgIpc) is 3.02. The molecule has 0 atom stereocenters. The van der Waals surface area contributed by atoms with Gasteiger partial charge in [-0.1, -0.05) is 25.0 Å². The number of rotatable bonds is 3. The first-order chi connectivity index (χ1) is 9.78. The van der Waals surface area contributed by atoms with Crippen LogP contribution in [0.5, 0.6) is 0 Å². The van der Waals surface area contributed by atoms with E-state index in [2.05, 4.69) is 34.9 Å². The van der Waals surface area contributed by atoms with Crippen LogP contribution in [0.25, 0.3) is 0 Å². The smallest absolute Gasteiger partial charge is 0.0415 e. The molecule has 0 unspecified atom stereocenters. The zero-order valence-corrected chi connectivity index (χ0v) is 12.6. The standard InChI is InChI=1S/C17H27N3/c1-14-6-7-15(13-18)17(12-14)20-10-8-19(9-11-20)16-4-2-3-5-16/h6-7,12,16H,2-5,8-11,13,18H2,1H3. The number of anilines is 1. The van der Waals surface area contributed by atoms with E-state index in [1.54, 1.807) is 0 Å². The van der Waals surface area contributed by atoms with Crippen molar-refractivity contribution in [3.05, 3.63) is 29.3 Å². The highest BCUT2D eigenvalue weighted by atomic mass is 15.3. The van der Waals surface area contributed by atoms with Crippen molar-refractivity contribution in [2.75, 3.05) is 31.1 Å². The van der Waals surface area contributed by atoms with Crippen molar-refractivity contribution < 1.29 is 0 Å². The van der Waals surface area contributed by atoms with E-state index < -0.39 is 0 Å². The molecule has 3 nitrogen and oxygen atoms in total. The maximum atomic E-state index is 5.90. The Hall–Kier alpha value is -1.06. The van der Waals surface area contributed by atoms with E-state index in [0.29, 0.717) is 6.54 Å². The van der Waals surface area contributed by atoms with Gasteiger partial charge >= 0.3 is 0 Å². The quantitative estimate of drug-likeness (QED) is 0.918. The van der Waals surface area contributed by atoms with Gasteiger partial charge in [0, 0.05) is 44.5 Å². The molecule has 2 aliphatic rings. The topological polar surface area (TPSA) is 32.5 Å². The third-order valence-corrected chi connectivity index (χ3v) is 4.96. The van der Waals surface area contributed by atoms with E-state index in [9.17, 15) is 0 Å². The van der Waals surface area contributed by atoms with Gasteiger partial charge in [0.05, 0.1) is 0 Å². The molecule has 2 fully saturated rings. The molecule has 3 heteroatoms. The van der Waals surface area contributed by atoms with Crippen LogP contribution < -0.4 is 10.6 Å². The molecule has 1 heterocycles. The summed E-state index contributed by atoms with van der Waals surface area (Å²) in [6.45, 7) is 7.52. The van der Waals surface area contributed by atoms with Crippen molar-refractivity contribution in [3.63, 3.8) is 0 Å². The SMILES string of the molecule is Cc1ccc(CN)c(N2CCN(C3CCCC3)CC2)c1. The zero-order chi connectivity index (χ0) is 13.9. The molecule has 0 spiro atoms. The molecule has 0 amide bonds. The van der Waals surface area contributed by atoms with Gasteiger partial charge in [-0.15, -0.1) is 0 Å². The summed E-state index contributed by atoms with van der Waals surface area (Å²) in [6, 6.07) is 7.52. The van der Waals surface area contributed by atoms with Gasteiger partial charge in [0.25, 0.3) is 0 Å². The summed E-state index contributed by atoms with van der Waals surface area (Å²) in [5, 5.41) is 0. The Morgan fingerprint density at radius 2 is 1.80 bits per heavy atom. The van der Waals surface area contributed by atoms with Crippen LogP contribution in [-0.2, 0) is 6.54 Å². The molecule has 1 aliphatic heterocycles. The van der Waals surface area contributed by atoms with E-state index in [4.69, 9.17) is 5.73 Å². The Morgan fingerprint density at radius 1 is 1.10 bits per heavy atom. The molecule has 110 valence electrons. The molecule has 1 aromatic carbocycles. The number of aryl methyl sites for hydroxylation is 1. The highest BCUT2D eigenvalue weighted by molar-refractivity contribution is 5.55. The van der Waals surface area contributed by atoms with Crippen molar-refractivity contribution >= 4 is 5.69 Å². The number of hydrogen-bond acceptors (Lipinski definition) is 3. The van der Waals surface area contributed by atoms with Gasteiger partial charge in [0.2, 0.25) is 0 Å². The minimum absolute atomic E-state index is 0.637. The van der Waals surface area contributed by atoms with E-state index in [-0.39, 0.29) is 0 Å². The largest absolute Gasteiger partial charge is 0.369 e. The summed E-state index contributed by atoms with van der Waals surface area (Å²) in [4.78, 5) is 5.24. The van der Waals surface area contributed by atoms with Crippen molar-refractivity contribution in [3.8, 4) is 0 Å². The van der Waals surface area contributed by atoms with Crippen molar-refractivity contribution in [2.45, 2.75) is 45.2 Å². The van der Waals surface area contributed by atoms with Crippen molar-refractivity contribution in [1.82, 2.24) is 4.90 Å². The first-order valence-corrected chi connectivity index (χ1v) is 8.06. The van der Waals surface area contributed by atoms with Gasteiger partial charge in [0.15, 0.2) is 0 Å². The lowest BCUT2D eigenvalue weighted by atomic mass is 10.1. The van der Waals surface area contributed by atoms with Crippen LogP contribution in [0.2, 0.25) is 0 Å². The number of hydrogen-bond donors (Lipinski definition) is 1. The fourth-order valence-corrected chi connectivity index (χ4v) is 3.74. The molecule has 2 N–H and O–H groups in total. The second kappa shape index (κ2) is 6.15. The summed E-state index contributed by atoms with van der Waals surface area (Å²) in [5.41, 5.74) is 9.87. The normalized spacial score (nSPS) is 21.6. The van der Waals surface area contributed by atoms with Crippen molar-refractivity contribution in [2.24, 2.45) is 5.73 Å². The maximum absolute atomic E-state index is 5.90. The number of benzene rings is 1. The Balaban J connectivity index is 1.67. The van der Waals surface area contributed by atoms with Gasteiger partial charge in [-0.25, -0.2) is 0 Å². The maximum Gasteiger partial charge on any atom is 0.0415 e. The second-order valence-electron chi connectivity index (χ2n) is 6.30. The molecule has 1 aromatic rings. The zero-order valence-electron chi connectivity index (χ0n) is 12.6. The van der Waals surface area contributed by atoms with E-state index in [1.165, 1.54) is 55.6 Å². The molecule has 1 aliphatic carbocycles. The summed E-state index contributed by atoms with van der Waals surface area (Å²) in [6.07, 6.45) is 5.69. The van der Waals surface area contributed by atoms with Gasteiger partial charge in [-0.3, -0.25) is 4.90 Å². The number of nitrogens with two attached hydrogens (primary N) is 1. The van der Waals surface area contributed by atoms with Crippen LogP contribution in [0.3, 0.4) is 0 Å². The number of nitrogens with zero attached hydrogens (tertiary/aromatic N) is 2. The molecule has 20 heavy (non-hydrogen) atoms. The summed E-state index contributed by atoms with van der Waals surface area (Å²) < 4.78 is 0. The Morgan fingerprint density at radius 3 is 2.45 bits per heavy atom. The molecule has 0 bridgehead atoms. The molecular weight excluding hydrogens is 246 g/mol. The van der Waals surface area contributed by atoms with Gasteiger partial charge in [0.1, 0.15) is 0 Å². The van der Waals surface area contributed by atoms with E-state index >= 15 is 0 Å². The molecular formula is C17H27N3. The highest BCUT2D eigenvalue weighted by Crippen LogP contribution is 2.27. The minimum Gasteiger partial charge on any atom is -0.369 e. The van der Waals surface area contributed by atoms with Crippen molar-refractivity contribution in [1.29, 1.82) is 0 Å². The predicted molar refractivity (Wildman–Crippen MR) is 85.1 cm³/mol. The molecule has 1 saturated heterocycles. The molecule has 0 radical (unpaired) electrons. The molecule has 1 saturated carbocycles. The van der Waals surface area contributed by atoms with Gasteiger partial charge in [-0.2, -0.15) is 0 Å². The summed E-state index contributed by atoms with van der Waals surface area (Å²) in [5.74, 6) is 0. The summed E-state index contributed by atoms with van der Waals surface area (Å²) in [7, 11) is 0. The average molecular weight is 273 g/mol. The van der Waals surface area contributed by atoms with Gasteiger partial charge in [-0.05, 0) is 37.0 Å². The van der Waals surface area contributed by atoms with Crippen LogP contribution in [-0.4, -0.2) is 37.1 Å². The Bertz CT molecular complexity index is 444. The molecule has 3 rings (SSSR count). The Labute approximate surface area is 122 Å². The minimum atomic E-state index is 0.637. The lowest BCUT2D eigenvalue weighted by molar-refractivity contribution is 0.187. The third-order valence-electron chi connectivity index (χ3n) is 4.96. The second-order valence-corrected chi connectivity index (χ2v) is 6.30. The van der Waals surface area contributed by atoms with E-state index in [1.807, 2.05) is 0 Å². The molecule has 0 aromatic heterocycles. The van der Waals surface area contributed by atoms with Crippen LogP contribution in [0.15, 0.2) is 18.2 Å². The monoisotopic (exact) mass is 273 g/mol. The first-order valence-electron chi connectivity index (χ1n) is 8.06. The Kier molecular flexibility index (Phi) is 4.27.